The zero-order valence-corrected chi connectivity index (χ0v) is 8.53. The molecule has 2 aromatic rings. The van der Waals surface area contributed by atoms with E-state index in [4.69, 9.17) is 0 Å². The van der Waals surface area contributed by atoms with Gasteiger partial charge in [0.15, 0.2) is 0 Å². The molecule has 78 valence electrons. The van der Waals surface area contributed by atoms with Crippen LogP contribution in [0.4, 0.5) is 0 Å². The van der Waals surface area contributed by atoms with Gasteiger partial charge >= 0.3 is 0 Å². The van der Waals surface area contributed by atoms with E-state index >= 15 is 0 Å². The van der Waals surface area contributed by atoms with Crippen LogP contribution in [0.2, 0.25) is 0 Å². The Hall–Kier alpha value is -1.98. The molecule has 0 aliphatic rings. The molecule has 0 spiro atoms. The van der Waals surface area contributed by atoms with Crippen molar-refractivity contribution in [1.82, 2.24) is 24.5 Å². The first-order valence-electron chi connectivity index (χ1n) is 4.59. The van der Waals surface area contributed by atoms with Crippen LogP contribution in [0, 0.1) is 0 Å². The summed E-state index contributed by atoms with van der Waals surface area (Å²) >= 11 is 0. The molecule has 15 heavy (non-hydrogen) atoms. The molecule has 0 aliphatic carbocycles. The molecule has 0 aromatic carbocycles. The van der Waals surface area contributed by atoms with Gasteiger partial charge in [0, 0.05) is 13.1 Å². The summed E-state index contributed by atoms with van der Waals surface area (Å²) in [7, 11) is 0. The van der Waals surface area contributed by atoms with Crippen molar-refractivity contribution >= 4 is 5.91 Å². The summed E-state index contributed by atoms with van der Waals surface area (Å²) in [6, 6.07) is 1.78. The fraction of sp³-hybridized carbons (Fsp3) is 0.333. The molecule has 2 heterocycles. The van der Waals surface area contributed by atoms with Crippen molar-refractivity contribution in [2.45, 2.75) is 19.9 Å². The first-order valence-corrected chi connectivity index (χ1v) is 4.59. The average molecular weight is 205 g/mol. The van der Waals surface area contributed by atoms with Gasteiger partial charge in [0.25, 0.3) is 0 Å². The fourth-order valence-electron chi connectivity index (χ4n) is 1.29. The zero-order chi connectivity index (χ0) is 10.8. The first kappa shape index (κ1) is 9.57. The highest BCUT2D eigenvalue weighted by Gasteiger charge is 2.12. The minimum absolute atomic E-state index is 0.0203. The van der Waals surface area contributed by atoms with Crippen molar-refractivity contribution in [2.24, 2.45) is 0 Å². The number of hydrogen-bond donors (Lipinski definition) is 0. The van der Waals surface area contributed by atoms with Crippen LogP contribution in [-0.4, -0.2) is 30.5 Å². The third kappa shape index (κ3) is 1.78. The molecule has 6 heteroatoms. The fourth-order valence-corrected chi connectivity index (χ4v) is 1.29. The quantitative estimate of drug-likeness (QED) is 0.725. The molecule has 0 fully saturated rings. The largest absolute Gasteiger partial charge is 0.273 e. The van der Waals surface area contributed by atoms with Crippen LogP contribution >= 0.6 is 0 Å². The molecule has 1 atom stereocenters. The molecule has 6 nitrogen and oxygen atoms in total. The number of rotatable bonds is 2. The minimum atomic E-state index is -0.105. The topological polar surface area (TPSA) is 65.6 Å². The summed E-state index contributed by atoms with van der Waals surface area (Å²) < 4.78 is 3.00. The second-order valence-corrected chi connectivity index (χ2v) is 3.26. The maximum atomic E-state index is 11.0. The average Bonchev–Trinajstić information content (AvgIpc) is 2.88. The summed E-state index contributed by atoms with van der Waals surface area (Å²) in [5.41, 5.74) is 0.788. The van der Waals surface area contributed by atoms with E-state index in [0.717, 1.165) is 5.69 Å². The Labute approximate surface area is 86.5 Å². The predicted molar refractivity (Wildman–Crippen MR) is 52.4 cm³/mol. The van der Waals surface area contributed by atoms with Crippen LogP contribution in [0.5, 0.6) is 0 Å². The van der Waals surface area contributed by atoms with Gasteiger partial charge in [0.05, 0.1) is 11.7 Å². The highest BCUT2D eigenvalue weighted by Crippen LogP contribution is 2.13. The van der Waals surface area contributed by atoms with Crippen LogP contribution in [0.1, 0.15) is 30.4 Å². The number of carbonyl (C=O) groups excluding carboxylic acids is 1. The molecule has 2 aromatic heterocycles. The van der Waals surface area contributed by atoms with Gasteiger partial charge in [-0.1, -0.05) is 0 Å². The van der Waals surface area contributed by atoms with E-state index in [2.05, 4.69) is 15.2 Å². The Morgan fingerprint density at radius 1 is 1.53 bits per heavy atom. The predicted octanol–water partition coefficient (Wildman–Crippen LogP) is 0.744. The third-order valence-corrected chi connectivity index (χ3v) is 2.19. The maximum absolute atomic E-state index is 11.0. The van der Waals surface area contributed by atoms with E-state index in [9.17, 15) is 4.79 Å². The lowest BCUT2D eigenvalue weighted by atomic mass is 10.2. The smallest absolute Gasteiger partial charge is 0.243 e. The van der Waals surface area contributed by atoms with Crippen LogP contribution in [-0.2, 0) is 0 Å². The molecule has 0 amide bonds. The van der Waals surface area contributed by atoms with Crippen LogP contribution < -0.4 is 0 Å². The summed E-state index contributed by atoms with van der Waals surface area (Å²) in [4.78, 5) is 14.9. The summed E-state index contributed by atoms with van der Waals surface area (Å²) in [5, 5.41) is 8.16. The molecule has 2 rings (SSSR count). The lowest BCUT2D eigenvalue weighted by molar-refractivity contribution is 0.0920. The van der Waals surface area contributed by atoms with E-state index in [1.165, 1.54) is 17.9 Å². The lowest BCUT2D eigenvalue weighted by Gasteiger charge is -2.07. The maximum Gasteiger partial charge on any atom is 0.243 e. The highest BCUT2D eigenvalue weighted by molar-refractivity contribution is 5.74. The normalized spacial score (nSPS) is 12.7. The van der Waals surface area contributed by atoms with Crippen molar-refractivity contribution in [3.05, 3.63) is 30.6 Å². The SMILES string of the molecule is CC(=O)n1ccc(C(C)n2cncn2)n1. The van der Waals surface area contributed by atoms with E-state index in [-0.39, 0.29) is 11.9 Å². The van der Waals surface area contributed by atoms with Crippen LogP contribution in [0.25, 0.3) is 0 Å². The van der Waals surface area contributed by atoms with E-state index in [1.807, 2.05) is 6.92 Å². The van der Waals surface area contributed by atoms with Gasteiger partial charge in [-0.15, -0.1) is 0 Å². The highest BCUT2D eigenvalue weighted by atomic mass is 16.2. The second-order valence-electron chi connectivity index (χ2n) is 3.26. The lowest BCUT2D eigenvalue weighted by Crippen LogP contribution is -2.11. The number of carbonyl (C=O) groups is 1. The molecule has 1 unspecified atom stereocenters. The van der Waals surface area contributed by atoms with E-state index in [0.29, 0.717) is 0 Å². The molecule has 0 bridgehead atoms. The van der Waals surface area contributed by atoms with Gasteiger partial charge in [-0.05, 0) is 13.0 Å². The van der Waals surface area contributed by atoms with Crippen molar-refractivity contribution < 1.29 is 4.79 Å². The second kappa shape index (κ2) is 3.64. The molecular formula is C9H11N5O. The number of aromatic nitrogens is 5. The number of hydrogen-bond acceptors (Lipinski definition) is 4. The van der Waals surface area contributed by atoms with Gasteiger partial charge in [-0.3, -0.25) is 4.79 Å². The summed E-state index contributed by atoms with van der Waals surface area (Å²) in [6.07, 6.45) is 4.74. The molecule has 0 radical (unpaired) electrons. The van der Waals surface area contributed by atoms with Gasteiger partial charge < -0.3 is 0 Å². The molecule has 0 aliphatic heterocycles. The Kier molecular flexibility index (Phi) is 2.32. The zero-order valence-electron chi connectivity index (χ0n) is 8.53. The van der Waals surface area contributed by atoms with Gasteiger partial charge in [0.2, 0.25) is 5.91 Å². The van der Waals surface area contributed by atoms with Crippen molar-refractivity contribution in [2.75, 3.05) is 0 Å². The summed E-state index contributed by atoms with van der Waals surface area (Å²) in [5.74, 6) is -0.105. The molecule has 0 saturated carbocycles. The monoisotopic (exact) mass is 205 g/mol. The Bertz CT molecular complexity index is 459. The van der Waals surface area contributed by atoms with Gasteiger partial charge in [0.1, 0.15) is 12.7 Å². The number of nitrogens with zero attached hydrogens (tertiary/aromatic N) is 5. The van der Waals surface area contributed by atoms with Crippen molar-refractivity contribution in [1.29, 1.82) is 0 Å². The Balaban J connectivity index is 2.26. The first-order chi connectivity index (χ1) is 7.18. The Morgan fingerprint density at radius 3 is 2.87 bits per heavy atom. The van der Waals surface area contributed by atoms with Gasteiger partial charge in [-0.2, -0.15) is 10.2 Å². The molecular weight excluding hydrogens is 194 g/mol. The minimum Gasteiger partial charge on any atom is -0.273 e. The Morgan fingerprint density at radius 2 is 2.33 bits per heavy atom. The summed E-state index contributed by atoms with van der Waals surface area (Å²) in [6.45, 7) is 3.42. The third-order valence-electron chi connectivity index (χ3n) is 2.19. The molecule has 0 N–H and O–H groups in total. The van der Waals surface area contributed by atoms with Crippen molar-refractivity contribution in [3.8, 4) is 0 Å². The van der Waals surface area contributed by atoms with E-state index in [1.54, 1.807) is 23.3 Å². The van der Waals surface area contributed by atoms with Crippen molar-refractivity contribution in [3.63, 3.8) is 0 Å². The van der Waals surface area contributed by atoms with Crippen LogP contribution in [0.3, 0.4) is 0 Å². The molecule has 0 saturated heterocycles. The van der Waals surface area contributed by atoms with Crippen LogP contribution in [0.15, 0.2) is 24.9 Å². The standard InChI is InChI=1S/C9H11N5O/c1-7(14-6-10-5-11-14)9-3-4-13(12-9)8(2)15/h3-7H,1-2H3. The van der Waals surface area contributed by atoms with Gasteiger partial charge in [-0.25, -0.2) is 14.3 Å². The van der Waals surface area contributed by atoms with E-state index < -0.39 is 0 Å².